The highest BCUT2D eigenvalue weighted by molar-refractivity contribution is 7.80. The number of thiocarbonyl (C=S) groups is 1. The number of rotatable bonds is 13. The van der Waals surface area contributed by atoms with E-state index in [2.05, 4.69) is 13.8 Å². The van der Waals surface area contributed by atoms with Gasteiger partial charge in [-0.2, -0.15) is 0 Å². The van der Waals surface area contributed by atoms with Gasteiger partial charge in [-0.1, -0.05) is 71.6 Å². The smallest absolute Gasteiger partial charge is 0.159 e. The average molecular weight is 272 g/mol. The Labute approximate surface area is 120 Å². The van der Waals surface area contributed by atoms with E-state index in [0.717, 1.165) is 24.5 Å². The highest BCUT2D eigenvalue weighted by Crippen LogP contribution is 2.11. The molecule has 2 heteroatoms. The summed E-state index contributed by atoms with van der Waals surface area (Å²) in [5, 5.41) is 0.825. The highest BCUT2D eigenvalue weighted by atomic mass is 32.1. The van der Waals surface area contributed by atoms with Crippen LogP contribution < -0.4 is 0 Å². The van der Waals surface area contributed by atoms with Gasteiger partial charge >= 0.3 is 0 Å². The third kappa shape index (κ3) is 14.0. The first-order valence-corrected chi connectivity index (χ1v) is 8.37. The van der Waals surface area contributed by atoms with Crippen LogP contribution in [0, 0.1) is 0 Å². The normalized spacial score (nSPS) is 10.6. The zero-order valence-corrected chi connectivity index (χ0v) is 13.3. The number of unbranched alkanes of at least 4 members (excludes halogenated alkanes) is 9. The average Bonchev–Trinajstić information content (AvgIpc) is 2.37. The van der Waals surface area contributed by atoms with Crippen LogP contribution >= 0.6 is 12.2 Å². The maximum absolute atomic E-state index is 5.49. The van der Waals surface area contributed by atoms with E-state index in [-0.39, 0.29) is 0 Å². The van der Waals surface area contributed by atoms with E-state index in [9.17, 15) is 0 Å². The molecule has 0 unspecified atom stereocenters. The van der Waals surface area contributed by atoms with E-state index in [1.54, 1.807) is 0 Å². The fraction of sp³-hybridized carbons (Fsp3) is 0.938. The molecule has 1 nitrogen and oxygen atoms in total. The van der Waals surface area contributed by atoms with Crippen molar-refractivity contribution in [2.45, 2.75) is 90.9 Å². The number of hydrogen-bond acceptors (Lipinski definition) is 2. The first kappa shape index (κ1) is 17.9. The van der Waals surface area contributed by atoms with Gasteiger partial charge in [0.25, 0.3) is 0 Å². The summed E-state index contributed by atoms with van der Waals surface area (Å²) >= 11 is 5.19. The summed E-state index contributed by atoms with van der Waals surface area (Å²) in [4.78, 5) is 0. The van der Waals surface area contributed by atoms with Crippen LogP contribution in [0.15, 0.2) is 0 Å². The largest absolute Gasteiger partial charge is 0.487 e. The third-order valence-corrected chi connectivity index (χ3v) is 3.57. The van der Waals surface area contributed by atoms with Gasteiger partial charge in [0.1, 0.15) is 0 Å². The topological polar surface area (TPSA) is 9.23 Å². The first-order chi connectivity index (χ1) is 8.81. The molecule has 0 aliphatic rings. The standard InChI is InChI=1S/C16H32OS/c1-3-5-7-8-9-10-11-12-13-14-16(18)17-15-6-4-2/h3-15H2,1-2H3. The van der Waals surface area contributed by atoms with E-state index >= 15 is 0 Å². The van der Waals surface area contributed by atoms with Crippen molar-refractivity contribution in [2.75, 3.05) is 6.61 Å². The van der Waals surface area contributed by atoms with Crippen molar-refractivity contribution in [1.29, 1.82) is 0 Å². The van der Waals surface area contributed by atoms with Gasteiger partial charge in [-0.25, -0.2) is 0 Å². The summed E-state index contributed by atoms with van der Waals surface area (Å²) < 4.78 is 5.49. The molecular formula is C16H32OS. The molecule has 0 saturated heterocycles. The molecule has 0 bridgehead atoms. The molecule has 0 rings (SSSR count). The second-order valence-corrected chi connectivity index (χ2v) is 5.61. The Morgan fingerprint density at radius 1 is 0.722 bits per heavy atom. The number of hydrogen-bond donors (Lipinski definition) is 0. The summed E-state index contributed by atoms with van der Waals surface area (Å²) in [6.45, 7) is 5.26. The van der Waals surface area contributed by atoms with Crippen molar-refractivity contribution >= 4 is 17.3 Å². The maximum atomic E-state index is 5.49. The van der Waals surface area contributed by atoms with Crippen molar-refractivity contribution in [1.82, 2.24) is 0 Å². The molecule has 0 aliphatic carbocycles. The lowest BCUT2D eigenvalue weighted by atomic mass is 10.1. The fourth-order valence-corrected chi connectivity index (χ4v) is 2.21. The second-order valence-electron chi connectivity index (χ2n) is 5.15. The SMILES string of the molecule is CCCCCCCCCCCC(=S)OCCCC. The molecule has 0 heterocycles. The lowest BCUT2D eigenvalue weighted by Crippen LogP contribution is -2.02. The minimum absolute atomic E-state index is 0.812. The summed E-state index contributed by atoms with van der Waals surface area (Å²) in [7, 11) is 0. The van der Waals surface area contributed by atoms with Crippen LogP contribution in [-0.2, 0) is 4.74 Å². The molecule has 0 aliphatic heterocycles. The summed E-state index contributed by atoms with van der Waals surface area (Å²) in [6, 6.07) is 0. The molecule has 0 radical (unpaired) electrons. The van der Waals surface area contributed by atoms with Gasteiger partial charge in [-0.05, 0) is 25.1 Å². The molecule has 108 valence electrons. The van der Waals surface area contributed by atoms with Crippen LogP contribution in [-0.4, -0.2) is 11.7 Å². The van der Waals surface area contributed by atoms with Gasteiger partial charge in [0.15, 0.2) is 5.05 Å². The maximum Gasteiger partial charge on any atom is 0.159 e. The molecule has 0 saturated carbocycles. The predicted octanol–water partition coefficient (Wildman–Crippen LogP) is 6.05. The molecule has 0 aromatic heterocycles. The summed E-state index contributed by atoms with van der Waals surface area (Å²) in [5.41, 5.74) is 0. The lowest BCUT2D eigenvalue weighted by molar-refractivity contribution is 0.295. The van der Waals surface area contributed by atoms with Crippen molar-refractivity contribution in [2.24, 2.45) is 0 Å². The Balaban J connectivity index is 3.08. The Morgan fingerprint density at radius 2 is 1.22 bits per heavy atom. The molecule has 0 atom stereocenters. The van der Waals surface area contributed by atoms with E-state index < -0.39 is 0 Å². The molecule has 0 N–H and O–H groups in total. The Hall–Kier alpha value is -0.110. The van der Waals surface area contributed by atoms with Crippen molar-refractivity contribution in [3.05, 3.63) is 0 Å². The minimum Gasteiger partial charge on any atom is -0.487 e. The van der Waals surface area contributed by atoms with Gasteiger partial charge in [0, 0.05) is 6.42 Å². The zero-order valence-electron chi connectivity index (χ0n) is 12.5. The van der Waals surface area contributed by atoms with Gasteiger partial charge in [0.05, 0.1) is 6.61 Å². The first-order valence-electron chi connectivity index (χ1n) is 7.96. The Kier molecular flexibility index (Phi) is 14.9. The molecule has 0 fully saturated rings. The van der Waals surface area contributed by atoms with Crippen molar-refractivity contribution < 1.29 is 4.74 Å². The molecule has 18 heavy (non-hydrogen) atoms. The van der Waals surface area contributed by atoms with Crippen LogP contribution in [0.3, 0.4) is 0 Å². The van der Waals surface area contributed by atoms with E-state index in [4.69, 9.17) is 17.0 Å². The van der Waals surface area contributed by atoms with Crippen LogP contribution in [0.2, 0.25) is 0 Å². The van der Waals surface area contributed by atoms with Crippen LogP contribution in [0.1, 0.15) is 90.9 Å². The summed E-state index contributed by atoms with van der Waals surface area (Å²) in [5.74, 6) is 0. The van der Waals surface area contributed by atoms with Gasteiger partial charge < -0.3 is 4.74 Å². The van der Waals surface area contributed by atoms with Crippen molar-refractivity contribution in [3.8, 4) is 0 Å². The Morgan fingerprint density at radius 3 is 1.78 bits per heavy atom. The molecule has 0 aromatic carbocycles. The monoisotopic (exact) mass is 272 g/mol. The van der Waals surface area contributed by atoms with Crippen molar-refractivity contribution in [3.63, 3.8) is 0 Å². The van der Waals surface area contributed by atoms with Gasteiger partial charge in [-0.3, -0.25) is 0 Å². The zero-order chi connectivity index (χ0) is 13.5. The molecular weight excluding hydrogens is 240 g/mol. The van der Waals surface area contributed by atoms with Gasteiger partial charge in [0.2, 0.25) is 0 Å². The van der Waals surface area contributed by atoms with Crippen LogP contribution in [0.25, 0.3) is 0 Å². The summed E-state index contributed by atoms with van der Waals surface area (Å²) in [6.07, 6.45) is 15.6. The van der Waals surface area contributed by atoms with E-state index in [1.807, 2.05) is 0 Å². The molecule has 0 amide bonds. The number of ether oxygens (including phenoxy) is 1. The predicted molar refractivity (Wildman–Crippen MR) is 85.3 cm³/mol. The van der Waals surface area contributed by atoms with Gasteiger partial charge in [-0.15, -0.1) is 0 Å². The quantitative estimate of drug-likeness (QED) is 0.298. The second kappa shape index (κ2) is 14.9. The van der Waals surface area contributed by atoms with Crippen LogP contribution in [0.4, 0.5) is 0 Å². The van der Waals surface area contributed by atoms with E-state index in [1.165, 1.54) is 64.2 Å². The highest BCUT2D eigenvalue weighted by Gasteiger charge is 1.98. The van der Waals surface area contributed by atoms with Crippen LogP contribution in [0.5, 0.6) is 0 Å². The molecule has 0 aromatic rings. The Bertz CT molecular complexity index is 180. The van der Waals surface area contributed by atoms with E-state index in [0.29, 0.717) is 0 Å². The molecule has 0 spiro atoms. The fourth-order valence-electron chi connectivity index (χ4n) is 1.98. The third-order valence-electron chi connectivity index (χ3n) is 3.25. The lowest BCUT2D eigenvalue weighted by Gasteiger charge is -2.06. The minimum atomic E-state index is 0.812.